The van der Waals surface area contributed by atoms with Gasteiger partial charge in [0.2, 0.25) is 0 Å². The van der Waals surface area contributed by atoms with Crippen molar-refractivity contribution in [1.29, 1.82) is 0 Å². The lowest BCUT2D eigenvalue weighted by Gasteiger charge is -2.21. The number of aromatic hydroxyl groups is 1. The lowest BCUT2D eigenvalue weighted by atomic mass is 9.97. The summed E-state index contributed by atoms with van der Waals surface area (Å²) in [5.41, 5.74) is 0.982. The van der Waals surface area contributed by atoms with Crippen molar-refractivity contribution in [2.75, 3.05) is 0 Å². The quantitative estimate of drug-likeness (QED) is 0.302. The first-order valence-corrected chi connectivity index (χ1v) is 10.7. The maximum Gasteiger partial charge on any atom is 0.416 e. The molecule has 2 aromatic carbocycles. The van der Waals surface area contributed by atoms with Gasteiger partial charge in [-0.3, -0.25) is 0 Å². The van der Waals surface area contributed by atoms with Crippen LogP contribution < -0.4 is 4.74 Å². The van der Waals surface area contributed by atoms with E-state index < -0.39 is 17.7 Å². The van der Waals surface area contributed by atoms with Crippen LogP contribution in [0.5, 0.6) is 11.5 Å². The molecule has 2 N–H and O–H groups in total. The molecule has 2 aromatic rings. The zero-order valence-electron chi connectivity index (χ0n) is 19.2. The first-order valence-electron chi connectivity index (χ1n) is 10.7. The average Bonchev–Trinajstić information content (AvgIpc) is 2.74. The number of carbonyl (C=O) groups is 1. The van der Waals surface area contributed by atoms with E-state index in [4.69, 9.17) is 4.74 Å². The number of carboxylic acid groups (broad SMARTS) is 1. The molecule has 0 aliphatic rings. The third-order valence-corrected chi connectivity index (χ3v) is 5.22. The van der Waals surface area contributed by atoms with Gasteiger partial charge in [-0.2, -0.15) is 13.2 Å². The molecule has 0 radical (unpaired) electrons. The highest BCUT2D eigenvalue weighted by Crippen LogP contribution is 2.37. The highest BCUT2D eigenvalue weighted by Gasteiger charge is 2.29. The zero-order chi connectivity index (χ0) is 24.8. The molecule has 0 unspecified atom stereocenters. The molecule has 0 atom stereocenters. The van der Waals surface area contributed by atoms with Gasteiger partial charge >= 0.3 is 12.1 Å². The van der Waals surface area contributed by atoms with Crippen molar-refractivity contribution in [3.05, 3.63) is 69.8 Å². The van der Waals surface area contributed by atoms with Gasteiger partial charge in [0.05, 0.1) is 11.7 Å². The summed E-state index contributed by atoms with van der Waals surface area (Å²) >= 11 is 0. The van der Waals surface area contributed by atoms with Crippen LogP contribution in [0.1, 0.15) is 73.1 Å². The summed E-state index contributed by atoms with van der Waals surface area (Å²) in [5, 5.41) is 20.6. The van der Waals surface area contributed by atoms with Crippen molar-refractivity contribution in [1.82, 2.24) is 0 Å². The number of rotatable bonds is 9. The molecule has 0 aromatic heterocycles. The number of allylic oxidation sites excluding steroid dienone is 2. The minimum atomic E-state index is -4.44. The van der Waals surface area contributed by atoms with E-state index in [0.29, 0.717) is 23.3 Å². The fraction of sp³-hybridized carbons (Fsp3) is 0.346. The molecule has 4 nitrogen and oxygen atoms in total. The monoisotopic (exact) mass is 462 g/mol. The Labute approximate surface area is 192 Å². The number of phenols is 1. The highest BCUT2D eigenvalue weighted by molar-refractivity contribution is 5.97. The van der Waals surface area contributed by atoms with Crippen LogP contribution in [0.4, 0.5) is 13.2 Å². The summed E-state index contributed by atoms with van der Waals surface area (Å²) in [6.07, 6.45) is 2.04. The second kappa shape index (κ2) is 11.1. The molecule has 178 valence electrons. The van der Waals surface area contributed by atoms with E-state index in [1.54, 1.807) is 6.07 Å². The predicted octanol–water partition coefficient (Wildman–Crippen LogP) is 7.36. The number of aromatic carboxylic acids is 1. The number of halogens is 3. The van der Waals surface area contributed by atoms with Gasteiger partial charge in [-0.1, -0.05) is 49.8 Å². The van der Waals surface area contributed by atoms with E-state index in [2.05, 4.69) is 0 Å². The molecule has 0 saturated heterocycles. The third kappa shape index (κ3) is 6.88. The third-order valence-electron chi connectivity index (χ3n) is 5.22. The van der Waals surface area contributed by atoms with Gasteiger partial charge < -0.3 is 14.9 Å². The standard InChI is InChI=1S/C26H29F3O4/c1-5-20(6-2)33-22-15-18(11-8-17-9-12-19(13-10-17)26(27,28)29)23(25(31)32)24(30)21(22)14-7-16(3)4/h7-13,15,20,30H,5-6,14H2,1-4H3,(H,31,32)/b11-8+. The Morgan fingerprint density at radius 3 is 2.18 bits per heavy atom. The molecule has 0 saturated carbocycles. The molecule has 33 heavy (non-hydrogen) atoms. The number of carboxylic acids is 1. The predicted molar refractivity (Wildman–Crippen MR) is 124 cm³/mol. The lowest BCUT2D eigenvalue weighted by molar-refractivity contribution is -0.137. The Morgan fingerprint density at radius 2 is 1.70 bits per heavy atom. The summed E-state index contributed by atoms with van der Waals surface area (Å²) in [7, 11) is 0. The van der Waals surface area contributed by atoms with Gasteiger partial charge in [-0.25, -0.2) is 4.79 Å². The Kier molecular flexibility index (Phi) is 8.74. The van der Waals surface area contributed by atoms with Crippen LogP contribution in [0.15, 0.2) is 42.0 Å². The maximum absolute atomic E-state index is 12.8. The first-order chi connectivity index (χ1) is 15.5. The molecule has 0 amide bonds. The zero-order valence-corrected chi connectivity index (χ0v) is 19.2. The number of hydrogen-bond acceptors (Lipinski definition) is 3. The minimum Gasteiger partial charge on any atom is -0.507 e. The number of ether oxygens (including phenoxy) is 1. The highest BCUT2D eigenvalue weighted by atomic mass is 19.4. The molecule has 0 bridgehead atoms. The molecule has 0 aliphatic carbocycles. The second-order valence-electron chi connectivity index (χ2n) is 7.97. The van der Waals surface area contributed by atoms with E-state index in [0.717, 1.165) is 30.5 Å². The molecule has 2 rings (SSSR count). The maximum atomic E-state index is 12.8. The van der Waals surface area contributed by atoms with Crippen LogP contribution in [0, 0.1) is 0 Å². The largest absolute Gasteiger partial charge is 0.507 e. The fourth-order valence-electron chi connectivity index (χ4n) is 3.27. The summed E-state index contributed by atoms with van der Waals surface area (Å²) in [5.74, 6) is -1.31. The van der Waals surface area contributed by atoms with Crippen molar-refractivity contribution < 1.29 is 32.9 Å². The van der Waals surface area contributed by atoms with E-state index in [9.17, 15) is 28.2 Å². The second-order valence-corrected chi connectivity index (χ2v) is 7.97. The molecule has 0 spiro atoms. The Bertz CT molecular complexity index is 1030. The van der Waals surface area contributed by atoms with Gasteiger partial charge in [0.15, 0.2) is 0 Å². The fourth-order valence-corrected chi connectivity index (χ4v) is 3.27. The molecule has 0 fully saturated rings. The van der Waals surface area contributed by atoms with Gasteiger partial charge in [0.25, 0.3) is 0 Å². The van der Waals surface area contributed by atoms with Crippen LogP contribution >= 0.6 is 0 Å². The van der Waals surface area contributed by atoms with Crippen LogP contribution in [0.25, 0.3) is 12.2 Å². The summed E-state index contributed by atoms with van der Waals surface area (Å²) in [6, 6.07) is 6.07. The van der Waals surface area contributed by atoms with Gasteiger partial charge in [0, 0.05) is 5.56 Å². The van der Waals surface area contributed by atoms with Gasteiger partial charge in [0.1, 0.15) is 17.1 Å². The van der Waals surface area contributed by atoms with Gasteiger partial charge in [-0.05, 0) is 62.4 Å². The summed E-state index contributed by atoms with van der Waals surface area (Å²) < 4.78 is 44.5. The van der Waals surface area contributed by atoms with E-state index >= 15 is 0 Å². The smallest absolute Gasteiger partial charge is 0.416 e. The first kappa shape index (κ1) is 26.0. The molecular formula is C26H29F3O4. The van der Waals surface area contributed by atoms with Crippen molar-refractivity contribution in [2.24, 2.45) is 0 Å². The Balaban J connectivity index is 2.57. The Morgan fingerprint density at radius 1 is 1.09 bits per heavy atom. The summed E-state index contributed by atoms with van der Waals surface area (Å²) in [4.78, 5) is 12.0. The molecule has 0 aliphatic heterocycles. The SMILES string of the molecule is CCC(CC)Oc1cc(/C=C/c2ccc(C(F)(F)F)cc2)c(C(=O)O)c(O)c1CC=C(C)C. The topological polar surface area (TPSA) is 66.8 Å². The lowest BCUT2D eigenvalue weighted by Crippen LogP contribution is -2.15. The minimum absolute atomic E-state index is 0.114. The molecule has 0 heterocycles. The van der Waals surface area contributed by atoms with E-state index in [-0.39, 0.29) is 23.0 Å². The molecular weight excluding hydrogens is 433 g/mol. The van der Waals surface area contributed by atoms with Crippen LogP contribution in [0.2, 0.25) is 0 Å². The molecule has 7 heteroatoms. The number of benzene rings is 2. The van der Waals surface area contributed by atoms with Crippen molar-refractivity contribution >= 4 is 18.1 Å². The average molecular weight is 463 g/mol. The van der Waals surface area contributed by atoms with Crippen molar-refractivity contribution in [3.63, 3.8) is 0 Å². The van der Waals surface area contributed by atoms with Crippen LogP contribution in [-0.4, -0.2) is 22.3 Å². The summed E-state index contributed by atoms with van der Waals surface area (Å²) in [6.45, 7) is 7.75. The number of alkyl halides is 3. The van der Waals surface area contributed by atoms with E-state index in [1.165, 1.54) is 24.3 Å². The number of hydrogen-bond donors (Lipinski definition) is 2. The van der Waals surface area contributed by atoms with Crippen molar-refractivity contribution in [2.45, 2.75) is 59.2 Å². The van der Waals surface area contributed by atoms with Crippen LogP contribution in [0.3, 0.4) is 0 Å². The normalized spacial score (nSPS) is 11.8. The van der Waals surface area contributed by atoms with E-state index in [1.807, 2.05) is 33.8 Å². The van der Waals surface area contributed by atoms with Crippen LogP contribution in [-0.2, 0) is 12.6 Å². The Hall–Kier alpha value is -3.22. The van der Waals surface area contributed by atoms with Crippen molar-refractivity contribution in [3.8, 4) is 11.5 Å². The van der Waals surface area contributed by atoms with Gasteiger partial charge in [-0.15, -0.1) is 0 Å².